The summed E-state index contributed by atoms with van der Waals surface area (Å²) in [5, 5.41) is 14.8. The van der Waals surface area contributed by atoms with E-state index >= 15 is 9.59 Å². The zero-order valence-electron chi connectivity index (χ0n) is 33.2. The molecule has 59 heavy (non-hydrogen) atoms. The second kappa shape index (κ2) is 15.8. The van der Waals surface area contributed by atoms with E-state index in [1.807, 2.05) is 66.7 Å². The Morgan fingerprint density at radius 2 is 1.68 bits per heavy atom. The lowest BCUT2D eigenvalue weighted by molar-refractivity contribution is -0.0200. The Kier molecular flexibility index (Phi) is 10.4. The molecule has 304 valence electrons. The van der Waals surface area contributed by atoms with E-state index in [1.165, 1.54) is 5.56 Å². The van der Waals surface area contributed by atoms with E-state index in [4.69, 9.17) is 14.2 Å². The minimum Gasteiger partial charge on any atom is -0.508 e. The van der Waals surface area contributed by atoms with Crippen LogP contribution in [0.15, 0.2) is 97.2 Å². The highest BCUT2D eigenvalue weighted by Gasteiger charge is 2.37. The molecule has 3 atom stereocenters. The molecule has 0 spiro atoms. The molecule has 0 aliphatic carbocycles. The summed E-state index contributed by atoms with van der Waals surface area (Å²) in [5.41, 5.74) is 8.34. The molecule has 4 aliphatic rings. The van der Waals surface area contributed by atoms with Gasteiger partial charge in [0, 0.05) is 84.2 Å². The first-order chi connectivity index (χ1) is 28.3. The summed E-state index contributed by atoms with van der Waals surface area (Å²) in [7, 11) is 2.00. The van der Waals surface area contributed by atoms with Crippen molar-refractivity contribution in [2.45, 2.75) is 70.3 Å². The Morgan fingerprint density at radius 3 is 2.49 bits per heavy atom. The number of carbonyl (C=O) groups excluding carboxylic acids is 2. The molecule has 1 unspecified atom stereocenters. The first-order valence-corrected chi connectivity index (χ1v) is 20.4. The number of ether oxygens (including phenoxy) is 3. The number of aryl methyl sites for hydroxylation is 1. The molecule has 2 amide bonds. The lowest BCUT2D eigenvalue weighted by atomic mass is 9.88. The van der Waals surface area contributed by atoms with Gasteiger partial charge in [0.15, 0.2) is 11.5 Å². The number of aromatic nitrogens is 2. The van der Waals surface area contributed by atoms with Gasteiger partial charge in [0.1, 0.15) is 5.75 Å². The van der Waals surface area contributed by atoms with Crippen LogP contribution < -0.4 is 19.7 Å². The van der Waals surface area contributed by atoms with Crippen molar-refractivity contribution in [1.82, 2.24) is 19.4 Å². The van der Waals surface area contributed by atoms with Crippen LogP contribution in [0.2, 0.25) is 0 Å². The van der Waals surface area contributed by atoms with Crippen molar-refractivity contribution in [3.8, 4) is 28.5 Å². The van der Waals surface area contributed by atoms with Gasteiger partial charge in [-0.05, 0) is 117 Å². The number of amides is 2. The fraction of sp³-hybridized carbons (Fsp3) is 0.319. The van der Waals surface area contributed by atoms with Crippen LogP contribution in [0.25, 0.3) is 22.2 Å². The standard InChI is InChI=1S/C47H47N5O6.ClH/c1-29-43(56-20-17-48-29)23-35-21-30-7-3-4-8-32(30)27-51(35)46(54)38-26-45-44(57-28-58-45)25-37(38)42-24-39(41-9-5-6-18-50(41)42)47(55)52(33-10-13-36(53)14-11-33)34-12-15-40-31(22-34)16-19-49(40)2;/h3-4,7-8,10-16,19,22,24-26,29,35,43,48,53H,5-6,9,17-18,20-21,23,27-28H2,1-2H3;1H/t29-,35-,43?;/m0./s1. The molecule has 0 saturated carbocycles. The summed E-state index contributed by atoms with van der Waals surface area (Å²) in [6, 6.07) is 29.0. The van der Waals surface area contributed by atoms with E-state index in [2.05, 4.69) is 39.6 Å². The summed E-state index contributed by atoms with van der Waals surface area (Å²) in [6.45, 7) is 4.86. The zero-order valence-corrected chi connectivity index (χ0v) is 34.0. The fourth-order valence-electron chi connectivity index (χ4n) is 9.43. The smallest absolute Gasteiger partial charge is 0.264 e. The van der Waals surface area contributed by atoms with Gasteiger partial charge in [-0.15, -0.1) is 12.4 Å². The lowest BCUT2D eigenvalue weighted by Crippen LogP contribution is -2.52. The quantitative estimate of drug-likeness (QED) is 0.168. The molecule has 6 heterocycles. The van der Waals surface area contributed by atoms with Gasteiger partial charge in [-0.1, -0.05) is 24.3 Å². The number of aromatic hydroxyl groups is 1. The number of hydrogen-bond acceptors (Lipinski definition) is 7. The second-order valence-corrected chi connectivity index (χ2v) is 16.0. The number of nitrogens with one attached hydrogen (secondary N) is 1. The Balaban J connectivity index is 0.00000449. The van der Waals surface area contributed by atoms with E-state index in [0.717, 1.165) is 53.7 Å². The number of rotatable bonds is 7. The van der Waals surface area contributed by atoms with Crippen molar-refractivity contribution in [3.05, 3.63) is 125 Å². The van der Waals surface area contributed by atoms with Crippen LogP contribution >= 0.6 is 12.4 Å². The fourth-order valence-corrected chi connectivity index (χ4v) is 9.43. The normalized spacial score (nSPS) is 19.5. The van der Waals surface area contributed by atoms with E-state index in [-0.39, 0.29) is 55.0 Å². The number of morpholine rings is 1. The Morgan fingerprint density at radius 1 is 0.898 bits per heavy atom. The number of phenolic OH excluding ortho intramolecular Hbond substituents is 1. The molecule has 6 aromatic rings. The largest absolute Gasteiger partial charge is 0.508 e. The van der Waals surface area contributed by atoms with Crippen LogP contribution in [0.1, 0.15) is 63.7 Å². The van der Waals surface area contributed by atoms with Gasteiger partial charge in [-0.2, -0.15) is 0 Å². The third kappa shape index (κ3) is 7.00. The summed E-state index contributed by atoms with van der Waals surface area (Å²) >= 11 is 0. The lowest BCUT2D eigenvalue weighted by Gasteiger charge is -2.41. The van der Waals surface area contributed by atoms with Gasteiger partial charge in [0.25, 0.3) is 11.8 Å². The Hall–Kier alpha value is -5.75. The Bertz CT molecular complexity index is 2560. The van der Waals surface area contributed by atoms with Crippen LogP contribution in [0.4, 0.5) is 11.4 Å². The van der Waals surface area contributed by atoms with Crippen molar-refractivity contribution >= 4 is 46.5 Å². The monoisotopic (exact) mass is 813 g/mol. The first kappa shape index (κ1) is 38.8. The maximum atomic E-state index is 15.3. The predicted molar refractivity (Wildman–Crippen MR) is 229 cm³/mol. The first-order valence-electron chi connectivity index (χ1n) is 20.4. The zero-order chi connectivity index (χ0) is 39.5. The molecule has 4 aliphatic heterocycles. The molecule has 11 nitrogen and oxygen atoms in total. The molecule has 2 N–H and O–H groups in total. The van der Waals surface area contributed by atoms with Crippen molar-refractivity contribution < 1.29 is 28.9 Å². The van der Waals surface area contributed by atoms with E-state index in [0.29, 0.717) is 72.1 Å². The van der Waals surface area contributed by atoms with Crippen LogP contribution in [0.3, 0.4) is 0 Å². The number of phenols is 1. The summed E-state index contributed by atoms with van der Waals surface area (Å²) < 4.78 is 22.4. The van der Waals surface area contributed by atoms with E-state index in [1.54, 1.807) is 29.2 Å². The number of nitrogens with zero attached hydrogens (tertiary/aromatic N) is 4. The number of benzene rings is 4. The predicted octanol–water partition coefficient (Wildman–Crippen LogP) is 8.15. The maximum absolute atomic E-state index is 15.3. The third-order valence-corrected chi connectivity index (χ3v) is 12.5. The number of halogens is 1. The van der Waals surface area contributed by atoms with Crippen molar-refractivity contribution in [1.29, 1.82) is 0 Å². The average molecular weight is 814 g/mol. The SMILES string of the molecule is C[C@@H]1NCCOC1C[C@@H]1Cc2ccccc2CN1C(=O)c1cc2c(cc1-c1cc(C(=O)N(c3ccc(O)cc3)c3ccc4c(ccn4C)c3)c3n1CCCC3)OCO2.Cl. The molecular weight excluding hydrogens is 766 g/mol. The summed E-state index contributed by atoms with van der Waals surface area (Å²) in [5.74, 6) is 0.949. The molecular formula is C47H48ClN5O6. The maximum Gasteiger partial charge on any atom is 0.264 e. The topological polar surface area (TPSA) is 110 Å². The molecule has 4 aromatic carbocycles. The summed E-state index contributed by atoms with van der Waals surface area (Å²) in [4.78, 5) is 34.3. The average Bonchev–Trinajstić information content (AvgIpc) is 3.98. The van der Waals surface area contributed by atoms with E-state index in [9.17, 15) is 5.11 Å². The van der Waals surface area contributed by atoms with Gasteiger partial charge in [-0.25, -0.2) is 0 Å². The molecule has 12 heteroatoms. The van der Waals surface area contributed by atoms with Gasteiger partial charge >= 0.3 is 0 Å². The van der Waals surface area contributed by atoms with Crippen LogP contribution in [-0.2, 0) is 37.7 Å². The molecule has 1 fully saturated rings. The third-order valence-electron chi connectivity index (χ3n) is 12.5. The van der Waals surface area contributed by atoms with Gasteiger partial charge < -0.3 is 38.7 Å². The van der Waals surface area contributed by atoms with Gasteiger partial charge in [0.05, 0.1) is 23.8 Å². The van der Waals surface area contributed by atoms with Crippen LogP contribution in [0.5, 0.6) is 17.2 Å². The summed E-state index contributed by atoms with van der Waals surface area (Å²) in [6.07, 6.45) is 6.02. The highest BCUT2D eigenvalue weighted by molar-refractivity contribution is 6.13. The molecule has 2 aromatic heterocycles. The minimum absolute atomic E-state index is 0. The highest BCUT2D eigenvalue weighted by atomic mass is 35.5. The number of hydrogen-bond donors (Lipinski definition) is 2. The van der Waals surface area contributed by atoms with Crippen LogP contribution in [-0.4, -0.2) is 69.1 Å². The number of anilines is 2. The van der Waals surface area contributed by atoms with Crippen molar-refractivity contribution in [2.24, 2.45) is 7.05 Å². The minimum atomic E-state index is -0.186. The van der Waals surface area contributed by atoms with Crippen molar-refractivity contribution in [2.75, 3.05) is 24.8 Å². The van der Waals surface area contributed by atoms with Crippen LogP contribution in [0, 0.1) is 0 Å². The number of carbonyl (C=O) groups is 2. The molecule has 10 rings (SSSR count). The van der Waals surface area contributed by atoms with Gasteiger partial charge in [0.2, 0.25) is 6.79 Å². The highest BCUT2D eigenvalue weighted by Crippen LogP contribution is 2.43. The molecule has 0 bridgehead atoms. The molecule has 1 saturated heterocycles. The molecule has 0 radical (unpaired) electrons. The number of fused-ring (bicyclic) bond motifs is 4. The second-order valence-electron chi connectivity index (χ2n) is 16.0. The van der Waals surface area contributed by atoms with Gasteiger partial charge in [-0.3, -0.25) is 14.5 Å². The van der Waals surface area contributed by atoms with E-state index < -0.39 is 0 Å². The van der Waals surface area contributed by atoms with Crippen molar-refractivity contribution in [3.63, 3.8) is 0 Å². The Labute approximate surface area is 349 Å².